The molecule has 0 aliphatic heterocycles. The van der Waals surface area contributed by atoms with Crippen molar-refractivity contribution in [2.45, 2.75) is 51.6 Å². The van der Waals surface area contributed by atoms with E-state index in [1.807, 2.05) is 24.1 Å². The summed E-state index contributed by atoms with van der Waals surface area (Å²) in [6.07, 6.45) is 5.71. The van der Waals surface area contributed by atoms with Crippen LogP contribution < -0.4 is 5.73 Å². The van der Waals surface area contributed by atoms with Crippen molar-refractivity contribution in [1.29, 1.82) is 0 Å². The van der Waals surface area contributed by atoms with Gasteiger partial charge in [-0.15, -0.1) is 0 Å². The minimum atomic E-state index is 0.184. The van der Waals surface area contributed by atoms with Crippen LogP contribution >= 0.6 is 0 Å². The average molecular weight is 300 g/mol. The quantitative estimate of drug-likeness (QED) is 0.932. The van der Waals surface area contributed by atoms with Crippen LogP contribution in [0.25, 0.3) is 0 Å². The molecule has 0 saturated heterocycles. The minimum Gasteiger partial charge on any atom is -0.341 e. The minimum absolute atomic E-state index is 0.184. The number of nitrogens with zero attached hydrogens (tertiary/aromatic N) is 1. The lowest BCUT2D eigenvalue weighted by molar-refractivity contribution is -0.137. The Hall–Kier alpha value is -1.35. The summed E-state index contributed by atoms with van der Waals surface area (Å²) in [6.45, 7) is 2.82. The van der Waals surface area contributed by atoms with Crippen LogP contribution in [0.4, 0.5) is 0 Å². The van der Waals surface area contributed by atoms with Crippen LogP contribution in [0.15, 0.2) is 24.3 Å². The Morgan fingerprint density at radius 3 is 2.50 bits per heavy atom. The molecule has 1 aromatic rings. The smallest absolute Gasteiger partial charge is 0.225 e. The number of hydrogen-bond acceptors (Lipinski definition) is 2. The lowest BCUT2D eigenvalue weighted by atomic mass is 9.65. The van der Waals surface area contributed by atoms with Crippen molar-refractivity contribution in [1.82, 2.24) is 4.90 Å². The van der Waals surface area contributed by atoms with E-state index in [1.54, 1.807) is 0 Å². The van der Waals surface area contributed by atoms with Crippen molar-refractivity contribution in [2.75, 3.05) is 7.05 Å². The Balaban J connectivity index is 1.65. The molecule has 120 valence electrons. The molecule has 22 heavy (non-hydrogen) atoms. The second-order valence-electron chi connectivity index (χ2n) is 7.32. The van der Waals surface area contributed by atoms with Gasteiger partial charge < -0.3 is 10.6 Å². The van der Waals surface area contributed by atoms with Crippen molar-refractivity contribution in [3.05, 3.63) is 35.4 Å². The van der Waals surface area contributed by atoms with Crippen LogP contribution in [0.2, 0.25) is 0 Å². The average Bonchev–Trinajstić information content (AvgIpc) is 2.48. The first-order valence-electron chi connectivity index (χ1n) is 8.61. The van der Waals surface area contributed by atoms with Crippen molar-refractivity contribution in [2.24, 2.45) is 23.5 Å². The molecule has 2 unspecified atom stereocenters. The third-order valence-electron chi connectivity index (χ3n) is 5.81. The summed E-state index contributed by atoms with van der Waals surface area (Å²) in [4.78, 5) is 14.8. The summed E-state index contributed by atoms with van der Waals surface area (Å²) in [5.41, 5.74) is 8.84. The maximum absolute atomic E-state index is 12.8. The maximum Gasteiger partial charge on any atom is 0.225 e. The van der Waals surface area contributed by atoms with Gasteiger partial charge in [-0.1, -0.05) is 30.7 Å². The van der Waals surface area contributed by atoms with Crippen LogP contribution in [-0.2, 0) is 11.3 Å². The van der Waals surface area contributed by atoms with Crippen molar-refractivity contribution in [3.8, 4) is 0 Å². The molecular weight excluding hydrogens is 272 g/mol. The summed E-state index contributed by atoms with van der Waals surface area (Å²) in [5.74, 6) is 1.62. The molecule has 2 bridgehead atoms. The van der Waals surface area contributed by atoms with Crippen molar-refractivity contribution < 1.29 is 4.79 Å². The summed E-state index contributed by atoms with van der Waals surface area (Å²) < 4.78 is 0. The molecule has 2 saturated carbocycles. The van der Waals surface area contributed by atoms with Gasteiger partial charge in [-0.05, 0) is 55.6 Å². The molecule has 1 amide bonds. The zero-order chi connectivity index (χ0) is 15.7. The summed E-state index contributed by atoms with van der Waals surface area (Å²) in [7, 11) is 1.94. The van der Waals surface area contributed by atoms with Crippen molar-refractivity contribution in [3.63, 3.8) is 0 Å². The highest BCUT2D eigenvalue weighted by molar-refractivity contribution is 5.78. The third kappa shape index (κ3) is 3.05. The Bertz CT molecular complexity index is 528. The first-order valence-corrected chi connectivity index (χ1v) is 8.61. The van der Waals surface area contributed by atoms with Gasteiger partial charge in [-0.25, -0.2) is 0 Å². The standard InChI is InChI=1S/C19H28N2O/c1-13-6-3-4-7-16(13)12-21(2)19(22)17-10-14-8-5-9-15(11-17)18(14)20/h3-4,6-7,14-15,17-18H,5,8-12,20H2,1-2H3. The number of nitrogens with two attached hydrogens (primary N) is 1. The summed E-state index contributed by atoms with van der Waals surface area (Å²) >= 11 is 0. The predicted molar refractivity (Wildman–Crippen MR) is 89.2 cm³/mol. The molecule has 2 fully saturated rings. The normalized spacial score (nSPS) is 30.9. The number of benzene rings is 1. The fourth-order valence-electron chi connectivity index (χ4n) is 4.42. The molecule has 0 heterocycles. The molecule has 1 aromatic carbocycles. The fraction of sp³-hybridized carbons (Fsp3) is 0.632. The van der Waals surface area contributed by atoms with E-state index < -0.39 is 0 Å². The van der Waals surface area contributed by atoms with Gasteiger partial charge in [0.05, 0.1) is 0 Å². The Kier molecular flexibility index (Phi) is 4.53. The highest BCUT2D eigenvalue weighted by Gasteiger charge is 2.41. The second-order valence-corrected chi connectivity index (χ2v) is 7.32. The van der Waals surface area contributed by atoms with E-state index in [2.05, 4.69) is 19.1 Å². The van der Waals surface area contributed by atoms with E-state index in [-0.39, 0.29) is 5.92 Å². The molecule has 2 aliphatic rings. The van der Waals surface area contributed by atoms with E-state index in [0.717, 1.165) is 12.8 Å². The monoisotopic (exact) mass is 300 g/mol. The molecule has 2 aliphatic carbocycles. The highest BCUT2D eigenvalue weighted by atomic mass is 16.2. The van der Waals surface area contributed by atoms with Crippen molar-refractivity contribution >= 4 is 5.91 Å². The maximum atomic E-state index is 12.8. The molecule has 3 heteroatoms. The number of carbonyl (C=O) groups is 1. The van der Waals surface area contributed by atoms with E-state index >= 15 is 0 Å². The Labute approximate surface area is 133 Å². The number of amides is 1. The van der Waals surface area contributed by atoms with Crippen LogP contribution in [0.3, 0.4) is 0 Å². The largest absolute Gasteiger partial charge is 0.341 e. The van der Waals surface area contributed by atoms with E-state index in [9.17, 15) is 4.79 Å². The first-order chi connectivity index (χ1) is 10.6. The lowest BCUT2D eigenvalue weighted by Gasteiger charge is -2.44. The molecule has 0 aromatic heterocycles. The number of aryl methyl sites for hydroxylation is 1. The number of rotatable bonds is 3. The Morgan fingerprint density at radius 2 is 1.86 bits per heavy atom. The summed E-state index contributed by atoms with van der Waals surface area (Å²) in [5, 5.41) is 0. The molecule has 0 spiro atoms. The Morgan fingerprint density at radius 1 is 1.23 bits per heavy atom. The SMILES string of the molecule is Cc1ccccc1CN(C)C(=O)C1CC2CCCC(C1)C2N. The van der Waals surface area contributed by atoms with Gasteiger partial charge in [0.1, 0.15) is 0 Å². The molecule has 3 nitrogen and oxygen atoms in total. The zero-order valence-electron chi connectivity index (χ0n) is 13.8. The molecule has 3 rings (SSSR count). The van der Waals surface area contributed by atoms with Gasteiger partial charge in [-0.2, -0.15) is 0 Å². The van der Waals surface area contributed by atoms with Gasteiger partial charge >= 0.3 is 0 Å². The van der Waals surface area contributed by atoms with Gasteiger partial charge in [0, 0.05) is 25.6 Å². The van der Waals surface area contributed by atoms with E-state index in [4.69, 9.17) is 5.73 Å². The van der Waals surface area contributed by atoms with Gasteiger partial charge in [0.25, 0.3) is 0 Å². The topological polar surface area (TPSA) is 46.3 Å². The molecule has 0 radical (unpaired) electrons. The number of fused-ring (bicyclic) bond motifs is 2. The van der Waals surface area contributed by atoms with Crippen LogP contribution in [0, 0.1) is 24.7 Å². The summed E-state index contributed by atoms with van der Waals surface area (Å²) in [6, 6.07) is 8.65. The first kappa shape index (κ1) is 15.5. The lowest BCUT2D eigenvalue weighted by Crippen LogP contribution is -2.49. The fourth-order valence-corrected chi connectivity index (χ4v) is 4.42. The molecule has 2 N–H and O–H groups in total. The highest BCUT2D eigenvalue weighted by Crippen LogP contribution is 2.42. The predicted octanol–water partition coefficient (Wildman–Crippen LogP) is 3.11. The van der Waals surface area contributed by atoms with E-state index in [0.29, 0.717) is 30.3 Å². The molecular formula is C19H28N2O. The zero-order valence-corrected chi connectivity index (χ0v) is 13.8. The number of carbonyl (C=O) groups excluding carboxylic acids is 1. The van der Waals surface area contributed by atoms with Crippen LogP contribution in [0.5, 0.6) is 0 Å². The number of hydrogen-bond donors (Lipinski definition) is 1. The second kappa shape index (κ2) is 6.41. The van der Waals surface area contributed by atoms with Gasteiger partial charge in [0.2, 0.25) is 5.91 Å². The van der Waals surface area contributed by atoms with E-state index in [1.165, 1.54) is 30.4 Å². The van der Waals surface area contributed by atoms with Gasteiger partial charge in [-0.3, -0.25) is 4.79 Å². The van der Waals surface area contributed by atoms with Crippen LogP contribution in [0.1, 0.15) is 43.2 Å². The molecule has 2 atom stereocenters. The van der Waals surface area contributed by atoms with Gasteiger partial charge in [0.15, 0.2) is 0 Å². The third-order valence-corrected chi connectivity index (χ3v) is 5.81. The van der Waals surface area contributed by atoms with Crippen LogP contribution in [-0.4, -0.2) is 23.9 Å².